The minimum absolute atomic E-state index is 0.176. The Morgan fingerprint density at radius 2 is 1.97 bits per heavy atom. The summed E-state index contributed by atoms with van der Waals surface area (Å²) < 4.78 is 1.83. The molecule has 4 rings (SSSR count). The zero-order chi connectivity index (χ0) is 23.5. The van der Waals surface area contributed by atoms with E-state index < -0.39 is 0 Å². The number of rotatable bonds is 8. The second kappa shape index (κ2) is 9.60. The number of hydrogen-bond acceptors (Lipinski definition) is 8. The summed E-state index contributed by atoms with van der Waals surface area (Å²) in [5, 5.41) is 4.84. The van der Waals surface area contributed by atoms with Gasteiger partial charge in [0.1, 0.15) is 22.8 Å². The fourth-order valence-corrected chi connectivity index (χ4v) is 4.01. The molecule has 0 amide bonds. The largest absolute Gasteiger partial charge is 0.372 e. The molecule has 1 aliphatic heterocycles. The van der Waals surface area contributed by atoms with Gasteiger partial charge in [0, 0.05) is 31.2 Å². The third-order valence-corrected chi connectivity index (χ3v) is 5.79. The molecule has 1 N–H and O–H groups in total. The average Bonchev–Trinajstić information content (AvgIpc) is 3.34. The molecular formula is C24H30N8O. The topological polar surface area (TPSA) is 92.8 Å². The van der Waals surface area contributed by atoms with Crippen LogP contribution in [0.1, 0.15) is 37.9 Å². The molecule has 0 saturated heterocycles. The Balaban J connectivity index is 1.81. The monoisotopic (exact) mass is 446 g/mol. The van der Waals surface area contributed by atoms with Gasteiger partial charge in [-0.1, -0.05) is 0 Å². The first-order chi connectivity index (χ1) is 16.0. The number of aryl methyl sites for hydroxylation is 1. The van der Waals surface area contributed by atoms with E-state index in [1.165, 1.54) is 5.69 Å². The summed E-state index contributed by atoms with van der Waals surface area (Å²) in [4.78, 5) is 26.0. The molecular weight excluding hydrogens is 416 g/mol. The Morgan fingerprint density at radius 1 is 1.18 bits per heavy atom. The predicted octanol–water partition coefficient (Wildman–Crippen LogP) is 3.68. The summed E-state index contributed by atoms with van der Waals surface area (Å²) in [5.74, 6) is 0.681. The van der Waals surface area contributed by atoms with Gasteiger partial charge in [0.25, 0.3) is 0 Å². The summed E-state index contributed by atoms with van der Waals surface area (Å²) in [6.07, 6.45) is 5.01. The van der Waals surface area contributed by atoms with Gasteiger partial charge >= 0.3 is 0 Å². The second-order valence-corrected chi connectivity index (χ2v) is 7.90. The summed E-state index contributed by atoms with van der Waals surface area (Å²) >= 11 is 0. The van der Waals surface area contributed by atoms with Gasteiger partial charge in [-0.25, -0.2) is 14.7 Å². The summed E-state index contributed by atoms with van der Waals surface area (Å²) in [5.41, 5.74) is 9.94. The molecule has 9 nitrogen and oxygen atoms in total. The number of fused-ring (bicyclic) bond motifs is 1. The first-order valence-corrected chi connectivity index (χ1v) is 11.2. The minimum atomic E-state index is -0.176. The third-order valence-electron chi connectivity index (χ3n) is 5.79. The number of nitrogens with one attached hydrogen (secondary N) is 1. The minimum Gasteiger partial charge on any atom is -0.372 e. The van der Waals surface area contributed by atoms with Crippen LogP contribution in [-0.4, -0.2) is 57.3 Å². The first kappa shape index (κ1) is 22.8. The maximum Gasteiger partial charge on any atom is 0.182 e. The van der Waals surface area contributed by atoms with Gasteiger partial charge in [0.15, 0.2) is 5.82 Å². The van der Waals surface area contributed by atoms with Crippen LogP contribution in [0.15, 0.2) is 46.9 Å². The van der Waals surface area contributed by atoms with E-state index >= 15 is 0 Å². The van der Waals surface area contributed by atoms with Crippen molar-refractivity contribution in [3.8, 4) is 11.4 Å². The van der Waals surface area contributed by atoms with Gasteiger partial charge in [0.05, 0.1) is 30.7 Å². The summed E-state index contributed by atoms with van der Waals surface area (Å²) in [7, 11) is 1.59. The summed E-state index contributed by atoms with van der Waals surface area (Å²) in [6.45, 7) is 12.3. The molecule has 0 radical (unpaired) electrons. The van der Waals surface area contributed by atoms with Crippen molar-refractivity contribution in [2.45, 2.75) is 40.7 Å². The van der Waals surface area contributed by atoms with E-state index in [1.807, 2.05) is 18.5 Å². The standard InChI is InChI=1S/C24H30N8O/c1-7-31(8-2)18-9-10-19(15(3)13-18)27-23-21(16(4)30-33-6)29-32-17(5)22(28-24(23)32)20-14-25-11-12-26-20/h9-14,16,30H,7-8H2,1-6H3. The Bertz CT molecular complexity index is 1190. The number of benzene rings is 1. The van der Waals surface area contributed by atoms with Crippen LogP contribution in [-0.2, 0) is 4.84 Å². The molecule has 1 unspecified atom stereocenters. The molecule has 1 aromatic carbocycles. The highest BCUT2D eigenvalue weighted by molar-refractivity contribution is 6.50. The van der Waals surface area contributed by atoms with E-state index in [0.29, 0.717) is 17.2 Å². The molecule has 0 aliphatic carbocycles. The highest BCUT2D eigenvalue weighted by Crippen LogP contribution is 2.29. The van der Waals surface area contributed by atoms with Crippen molar-refractivity contribution in [1.82, 2.24) is 25.1 Å². The van der Waals surface area contributed by atoms with Crippen molar-refractivity contribution in [2.24, 2.45) is 10.1 Å². The number of aliphatic imine (C=N–C) groups is 1. The lowest BCUT2D eigenvalue weighted by molar-refractivity contribution is 0.0832. The lowest BCUT2D eigenvalue weighted by Crippen LogP contribution is -2.36. The van der Waals surface area contributed by atoms with E-state index in [-0.39, 0.29) is 6.04 Å². The van der Waals surface area contributed by atoms with Crippen molar-refractivity contribution in [2.75, 3.05) is 25.1 Å². The van der Waals surface area contributed by atoms with Gasteiger partial charge in [-0.05, 0) is 58.4 Å². The molecule has 1 atom stereocenters. The van der Waals surface area contributed by atoms with Crippen LogP contribution in [0.25, 0.3) is 11.4 Å². The SMILES string of the molecule is CCN(CC)c1ccc(N=C2C(C(C)NOC)=Nn3c2nc(-c2cnccn2)c3C)c(C)c1. The Labute approximate surface area is 194 Å². The van der Waals surface area contributed by atoms with Gasteiger partial charge in [-0.15, -0.1) is 0 Å². The van der Waals surface area contributed by atoms with Gasteiger partial charge in [0.2, 0.25) is 0 Å². The Kier molecular flexibility index (Phi) is 6.62. The molecule has 0 fully saturated rings. The van der Waals surface area contributed by atoms with E-state index in [2.05, 4.69) is 59.3 Å². The zero-order valence-electron chi connectivity index (χ0n) is 20.0. The van der Waals surface area contributed by atoms with Crippen LogP contribution >= 0.6 is 0 Å². The molecule has 2 aromatic heterocycles. The molecule has 0 saturated carbocycles. The number of hydroxylamine groups is 1. The smallest absolute Gasteiger partial charge is 0.182 e. The number of imidazole rings is 1. The number of nitrogens with zero attached hydrogens (tertiary/aromatic N) is 7. The maximum absolute atomic E-state index is 5.16. The van der Waals surface area contributed by atoms with Crippen LogP contribution in [0, 0.1) is 13.8 Å². The molecule has 33 heavy (non-hydrogen) atoms. The second-order valence-electron chi connectivity index (χ2n) is 7.90. The van der Waals surface area contributed by atoms with Crippen molar-refractivity contribution >= 4 is 22.8 Å². The quantitative estimate of drug-likeness (QED) is 0.531. The molecule has 9 heteroatoms. The number of aromatic nitrogens is 4. The Hall–Kier alpha value is -3.43. The van der Waals surface area contributed by atoms with Crippen molar-refractivity contribution < 1.29 is 4.84 Å². The fraction of sp³-hybridized carbons (Fsp3) is 0.375. The van der Waals surface area contributed by atoms with Crippen LogP contribution in [0.5, 0.6) is 0 Å². The zero-order valence-corrected chi connectivity index (χ0v) is 20.0. The lowest BCUT2D eigenvalue weighted by Gasteiger charge is -2.21. The van der Waals surface area contributed by atoms with Crippen LogP contribution in [0.3, 0.4) is 0 Å². The predicted molar refractivity (Wildman–Crippen MR) is 131 cm³/mol. The van der Waals surface area contributed by atoms with E-state index in [4.69, 9.17) is 19.9 Å². The van der Waals surface area contributed by atoms with E-state index in [1.54, 1.807) is 25.7 Å². The molecule has 3 heterocycles. The molecule has 0 spiro atoms. The highest BCUT2D eigenvalue weighted by Gasteiger charge is 2.32. The Morgan fingerprint density at radius 3 is 2.61 bits per heavy atom. The first-order valence-electron chi connectivity index (χ1n) is 11.2. The van der Waals surface area contributed by atoms with Crippen LogP contribution in [0.2, 0.25) is 0 Å². The van der Waals surface area contributed by atoms with Crippen LogP contribution < -0.4 is 10.4 Å². The highest BCUT2D eigenvalue weighted by atomic mass is 16.6. The van der Waals surface area contributed by atoms with Crippen molar-refractivity contribution in [1.29, 1.82) is 0 Å². The van der Waals surface area contributed by atoms with Crippen LogP contribution in [0.4, 0.5) is 11.4 Å². The third kappa shape index (κ3) is 4.29. The lowest BCUT2D eigenvalue weighted by atomic mass is 10.1. The summed E-state index contributed by atoms with van der Waals surface area (Å²) in [6, 6.07) is 6.18. The van der Waals surface area contributed by atoms with Crippen molar-refractivity contribution in [3.63, 3.8) is 0 Å². The van der Waals surface area contributed by atoms with Crippen molar-refractivity contribution in [3.05, 3.63) is 53.9 Å². The molecule has 172 valence electrons. The molecule has 1 aliphatic rings. The maximum atomic E-state index is 5.16. The average molecular weight is 447 g/mol. The van der Waals surface area contributed by atoms with Gasteiger partial charge in [-0.2, -0.15) is 10.6 Å². The fourth-order valence-electron chi connectivity index (χ4n) is 4.01. The molecule has 0 bridgehead atoms. The molecule has 3 aromatic rings. The number of anilines is 1. The normalized spacial score (nSPS) is 15.0. The van der Waals surface area contributed by atoms with E-state index in [9.17, 15) is 0 Å². The van der Waals surface area contributed by atoms with E-state index in [0.717, 1.165) is 41.4 Å². The van der Waals surface area contributed by atoms with Gasteiger partial charge < -0.3 is 9.74 Å². The number of hydrogen-bond donors (Lipinski definition) is 1. The van der Waals surface area contributed by atoms with Gasteiger partial charge in [-0.3, -0.25) is 9.97 Å².